The largest absolute Gasteiger partial charge is 0.481 e. The van der Waals surface area contributed by atoms with Gasteiger partial charge >= 0.3 is 11.9 Å². The maximum atomic E-state index is 14.3. The summed E-state index contributed by atoms with van der Waals surface area (Å²) in [5.74, 6) is 0.614. The van der Waals surface area contributed by atoms with Gasteiger partial charge in [-0.3, -0.25) is 19.3 Å². The van der Waals surface area contributed by atoms with Crippen LogP contribution in [0.5, 0.6) is 0 Å². The van der Waals surface area contributed by atoms with Crippen molar-refractivity contribution in [2.75, 3.05) is 33.7 Å². The van der Waals surface area contributed by atoms with E-state index >= 15 is 0 Å². The van der Waals surface area contributed by atoms with Crippen LogP contribution in [0.2, 0.25) is 5.02 Å². The molecule has 7 nitrogen and oxygen atoms in total. The summed E-state index contributed by atoms with van der Waals surface area (Å²) < 4.78 is 6.21. The third kappa shape index (κ3) is 7.46. The Balaban J connectivity index is 1.26. The van der Waals surface area contributed by atoms with Crippen LogP contribution in [0, 0.1) is 56.2 Å². The Morgan fingerprint density at radius 2 is 1.57 bits per heavy atom. The van der Waals surface area contributed by atoms with E-state index in [4.69, 9.17) is 16.3 Å². The number of Topliss-reactive ketones (excluding diaryl/α,β-unsaturated/α-hetero) is 1. The van der Waals surface area contributed by atoms with Gasteiger partial charge in [0, 0.05) is 41.9 Å². The Morgan fingerprint density at radius 3 is 2.20 bits per heavy atom. The molecule has 6 rings (SSSR count). The van der Waals surface area contributed by atoms with Crippen molar-refractivity contribution in [2.45, 2.75) is 146 Å². The number of benzene rings is 1. The average Bonchev–Trinajstić information content (AvgIpc) is 3.40. The van der Waals surface area contributed by atoms with Crippen LogP contribution in [-0.4, -0.2) is 72.5 Å². The van der Waals surface area contributed by atoms with Crippen molar-refractivity contribution >= 4 is 29.3 Å². The first-order valence-corrected chi connectivity index (χ1v) is 22.2. The van der Waals surface area contributed by atoms with Gasteiger partial charge < -0.3 is 14.7 Å². The highest BCUT2D eigenvalue weighted by Gasteiger charge is 2.70. The van der Waals surface area contributed by atoms with E-state index in [1.54, 1.807) is 19.4 Å². The zero-order chi connectivity index (χ0) is 41.2. The number of rotatable bonds is 13. The first-order valence-electron chi connectivity index (χ1n) is 21.8. The van der Waals surface area contributed by atoms with E-state index in [0.29, 0.717) is 30.0 Å². The predicted octanol–water partition coefficient (Wildman–Crippen LogP) is 10.5. The van der Waals surface area contributed by atoms with Crippen molar-refractivity contribution in [2.24, 2.45) is 56.2 Å². The van der Waals surface area contributed by atoms with Gasteiger partial charge in [0.15, 0.2) is 5.78 Å². The van der Waals surface area contributed by atoms with Crippen molar-refractivity contribution in [3.63, 3.8) is 0 Å². The number of hydrogen-bond donors (Lipinski definition) is 1. The van der Waals surface area contributed by atoms with Gasteiger partial charge in [0.2, 0.25) is 0 Å². The topological polar surface area (TPSA) is 87.2 Å². The Bertz CT molecular complexity index is 1700. The van der Waals surface area contributed by atoms with Crippen molar-refractivity contribution < 1.29 is 24.2 Å². The highest BCUT2D eigenvalue weighted by Crippen LogP contribution is 2.77. The van der Waals surface area contributed by atoms with E-state index in [1.807, 2.05) is 12.1 Å². The number of halogens is 1. The molecule has 0 saturated heterocycles. The van der Waals surface area contributed by atoms with Gasteiger partial charge in [-0.15, -0.1) is 0 Å². The number of carbonyl (C=O) groups excluding carboxylic acids is 2. The number of likely N-dealkylation sites (N-methyl/N-ethyl adjacent to an activating group) is 1. The zero-order valence-corrected chi connectivity index (χ0v) is 37.4. The lowest BCUT2D eigenvalue weighted by Crippen LogP contribution is -2.65. The van der Waals surface area contributed by atoms with E-state index < -0.39 is 17.4 Å². The Kier molecular flexibility index (Phi) is 11.9. The molecule has 0 bridgehead atoms. The van der Waals surface area contributed by atoms with Gasteiger partial charge in [0.25, 0.3) is 0 Å². The number of fused-ring (bicyclic) bond motifs is 7. The average molecular weight is 794 g/mol. The summed E-state index contributed by atoms with van der Waals surface area (Å²) in [7, 11) is 4.29. The highest BCUT2D eigenvalue weighted by molar-refractivity contribution is 6.30. The lowest BCUT2D eigenvalue weighted by atomic mass is 9.33. The molecule has 1 N–H and O–H groups in total. The minimum atomic E-state index is -1.15. The Labute approximate surface area is 343 Å². The second-order valence-electron chi connectivity index (χ2n) is 21.6. The van der Waals surface area contributed by atoms with Gasteiger partial charge in [-0.1, -0.05) is 77.8 Å². The minimum absolute atomic E-state index is 0.0688. The molecular formula is C48H73ClN2O5. The number of esters is 1. The van der Waals surface area contributed by atoms with Crippen LogP contribution in [0.4, 0.5) is 0 Å². The summed E-state index contributed by atoms with van der Waals surface area (Å²) in [6.07, 6.45) is 9.97. The molecule has 0 radical (unpaired) electrons. The summed E-state index contributed by atoms with van der Waals surface area (Å²) in [4.78, 5) is 44.1. The van der Waals surface area contributed by atoms with Crippen LogP contribution in [-0.2, 0) is 25.7 Å². The number of nitrogens with zero attached hydrogens (tertiary/aromatic N) is 2. The lowest BCUT2D eigenvalue weighted by molar-refractivity contribution is -0.233. The van der Waals surface area contributed by atoms with Crippen molar-refractivity contribution in [3.05, 3.63) is 46.0 Å². The monoisotopic (exact) mass is 793 g/mol. The normalized spacial score (nSPS) is 35.3. The molecule has 0 spiro atoms. The molecule has 4 fully saturated rings. The predicted molar refractivity (Wildman–Crippen MR) is 225 cm³/mol. The number of ether oxygens (including phenoxy) is 1. The number of hydrogen-bond acceptors (Lipinski definition) is 6. The summed E-state index contributed by atoms with van der Waals surface area (Å²) in [5.41, 5.74) is 2.89. The van der Waals surface area contributed by atoms with Gasteiger partial charge in [-0.2, -0.15) is 0 Å². The minimum Gasteiger partial charge on any atom is -0.481 e. The van der Waals surface area contributed by atoms with Gasteiger partial charge in [-0.25, -0.2) is 0 Å². The lowest BCUT2D eigenvalue weighted by Gasteiger charge is -2.72. The molecular weight excluding hydrogens is 720 g/mol. The van der Waals surface area contributed by atoms with Crippen molar-refractivity contribution in [1.29, 1.82) is 0 Å². The molecule has 0 aliphatic heterocycles. The molecule has 0 aromatic heterocycles. The maximum Gasteiger partial charge on any atom is 0.309 e. The third-order valence-electron chi connectivity index (χ3n) is 17.0. The number of allylic oxidation sites excluding steroid dienone is 2. The molecule has 0 heterocycles. The number of carbonyl (C=O) groups is 3. The molecule has 8 atom stereocenters. The van der Waals surface area contributed by atoms with Gasteiger partial charge in [-0.05, 0) is 155 Å². The van der Waals surface area contributed by atoms with Crippen LogP contribution < -0.4 is 0 Å². The molecule has 2 unspecified atom stereocenters. The fraction of sp³-hybridized carbons (Fsp3) is 0.771. The quantitative estimate of drug-likeness (QED) is 0.199. The first kappa shape index (κ1) is 43.4. The molecule has 5 aliphatic carbocycles. The van der Waals surface area contributed by atoms with Gasteiger partial charge in [0.05, 0.1) is 11.8 Å². The van der Waals surface area contributed by atoms with Crippen molar-refractivity contribution in [1.82, 2.24) is 9.80 Å². The SMILES string of the molecule is CC(C)C1=C2[C@H]3CCC4[C@@]5(C)CC[C@H](OC(=O)CC(C)(C)C(=O)O)C(C)(C)[C@@H]5CC[C@@]4(C)[C@]3(C)CCC2(CCN(CCN(C)C)Cc2ccc(Cl)cc2)CC1=O. The molecule has 5 aliphatic rings. The summed E-state index contributed by atoms with van der Waals surface area (Å²) in [5, 5.41) is 10.4. The van der Waals surface area contributed by atoms with Crippen LogP contribution in [0.3, 0.4) is 0 Å². The molecule has 56 heavy (non-hydrogen) atoms. The molecule has 0 amide bonds. The van der Waals surface area contributed by atoms with E-state index in [2.05, 4.69) is 84.5 Å². The number of ketones is 1. The molecule has 312 valence electrons. The number of carboxylic acids is 1. The fourth-order valence-corrected chi connectivity index (χ4v) is 13.8. The Hall–Kier alpha value is -2.22. The maximum absolute atomic E-state index is 14.3. The first-order chi connectivity index (χ1) is 26.0. The molecule has 1 aromatic carbocycles. The van der Waals surface area contributed by atoms with E-state index in [0.717, 1.165) is 88.1 Å². The smallest absolute Gasteiger partial charge is 0.309 e. The van der Waals surface area contributed by atoms with Crippen LogP contribution in [0.25, 0.3) is 0 Å². The standard InChI is InChI=1S/C48H73ClN2O5/c1-31(2)40-35(52)28-48(24-25-51(27-26-50(10)11)30-32-12-14-33(49)15-13-32)23-22-46(8)34(41(40)48)16-17-37-45(7)20-19-38(56-39(53)29-43(3,4)42(54)55)44(5,6)36(45)18-21-47(37,46)9/h12-15,31,34,36-38H,16-30H2,1-11H3,(H,54,55)/t34-,36+,37?,38+,45+,46-,47-,48?/m1/s1. The fourth-order valence-electron chi connectivity index (χ4n) is 13.7. The van der Waals surface area contributed by atoms with Gasteiger partial charge in [0.1, 0.15) is 6.10 Å². The number of aliphatic carboxylic acids is 1. The third-order valence-corrected chi connectivity index (χ3v) is 17.3. The highest BCUT2D eigenvalue weighted by atomic mass is 35.5. The number of carboxylic acid groups (broad SMARTS) is 1. The van der Waals surface area contributed by atoms with Crippen molar-refractivity contribution in [3.8, 4) is 0 Å². The van der Waals surface area contributed by atoms with Crippen LogP contribution in [0.1, 0.15) is 139 Å². The van der Waals surface area contributed by atoms with E-state index in [9.17, 15) is 19.5 Å². The molecule has 1 aromatic rings. The van der Waals surface area contributed by atoms with Crippen LogP contribution in [0.15, 0.2) is 35.4 Å². The zero-order valence-electron chi connectivity index (χ0n) is 36.7. The summed E-state index contributed by atoms with van der Waals surface area (Å²) in [6, 6.07) is 8.28. The van der Waals surface area contributed by atoms with E-state index in [-0.39, 0.29) is 45.5 Å². The summed E-state index contributed by atoms with van der Waals surface area (Å²) in [6.45, 7) is 23.9. The van der Waals surface area contributed by atoms with E-state index in [1.165, 1.54) is 12.0 Å². The van der Waals surface area contributed by atoms with Crippen LogP contribution >= 0.6 is 11.6 Å². The molecule has 8 heteroatoms. The second kappa shape index (κ2) is 15.4. The molecule has 4 saturated carbocycles. The summed E-state index contributed by atoms with van der Waals surface area (Å²) >= 11 is 6.26. The second-order valence-corrected chi connectivity index (χ2v) is 22.1. The Morgan fingerprint density at radius 1 is 0.893 bits per heavy atom.